The maximum Gasteiger partial charge on any atom is 0.0186 e. The van der Waals surface area contributed by atoms with Crippen LogP contribution in [0.3, 0.4) is 0 Å². The molecule has 2 fully saturated rings. The summed E-state index contributed by atoms with van der Waals surface area (Å²) in [6.07, 6.45) is 13.2. The predicted octanol–water partition coefficient (Wildman–Crippen LogP) is 4.86. The van der Waals surface area contributed by atoms with E-state index in [9.17, 15) is 0 Å². The Morgan fingerprint density at radius 3 is 2.32 bits per heavy atom. The summed E-state index contributed by atoms with van der Waals surface area (Å²) in [5.41, 5.74) is 0. The van der Waals surface area contributed by atoms with Crippen molar-refractivity contribution in [2.75, 3.05) is 12.3 Å². The molecule has 2 saturated carbocycles. The molecule has 0 amide bonds. The van der Waals surface area contributed by atoms with Crippen LogP contribution in [0.2, 0.25) is 0 Å². The van der Waals surface area contributed by atoms with Crippen LogP contribution in [-0.2, 0) is 0 Å². The summed E-state index contributed by atoms with van der Waals surface area (Å²) in [5.74, 6) is 3.29. The second-order valence-corrected chi connectivity index (χ2v) is 8.11. The Labute approximate surface area is 124 Å². The van der Waals surface area contributed by atoms with Crippen LogP contribution in [-0.4, -0.2) is 23.6 Å². The SMILES string of the molecule is CCNC(CSC1CCCCC1)C1CCC(C)CC1. The average Bonchev–Trinajstić information content (AvgIpc) is 2.46. The van der Waals surface area contributed by atoms with Crippen molar-refractivity contribution in [1.29, 1.82) is 0 Å². The molecule has 1 atom stereocenters. The maximum atomic E-state index is 3.79. The van der Waals surface area contributed by atoms with E-state index in [1.165, 1.54) is 63.5 Å². The molecule has 2 aliphatic rings. The fourth-order valence-corrected chi connectivity index (χ4v) is 5.32. The highest BCUT2D eigenvalue weighted by Gasteiger charge is 2.26. The second kappa shape index (κ2) is 8.56. The van der Waals surface area contributed by atoms with Crippen LogP contribution in [0.1, 0.15) is 71.6 Å². The molecule has 1 N–H and O–H groups in total. The van der Waals surface area contributed by atoms with Crippen LogP contribution in [0, 0.1) is 11.8 Å². The van der Waals surface area contributed by atoms with Crippen LogP contribution in [0.5, 0.6) is 0 Å². The molecule has 0 aliphatic heterocycles. The fourth-order valence-electron chi connectivity index (χ4n) is 3.78. The third-order valence-electron chi connectivity index (χ3n) is 5.16. The summed E-state index contributed by atoms with van der Waals surface area (Å²) in [7, 11) is 0. The molecular formula is C17H33NS. The van der Waals surface area contributed by atoms with E-state index in [1.54, 1.807) is 0 Å². The first-order valence-electron chi connectivity index (χ1n) is 8.64. The Balaban J connectivity index is 1.74. The Morgan fingerprint density at radius 1 is 1.00 bits per heavy atom. The molecule has 112 valence electrons. The van der Waals surface area contributed by atoms with Gasteiger partial charge in [0, 0.05) is 17.0 Å². The monoisotopic (exact) mass is 283 g/mol. The van der Waals surface area contributed by atoms with Crippen LogP contribution in [0.4, 0.5) is 0 Å². The van der Waals surface area contributed by atoms with Gasteiger partial charge in [0.15, 0.2) is 0 Å². The van der Waals surface area contributed by atoms with Gasteiger partial charge in [-0.3, -0.25) is 0 Å². The Hall–Kier alpha value is 0.310. The smallest absolute Gasteiger partial charge is 0.0186 e. The predicted molar refractivity (Wildman–Crippen MR) is 87.9 cm³/mol. The van der Waals surface area contributed by atoms with Crippen molar-refractivity contribution < 1.29 is 0 Å². The minimum absolute atomic E-state index is 0.782. The summed E-state index contributed by atoms with van der Waals surface area (Å²) in [5, 5.41) is 4.76. The molecule has 0 spiro atoms. The quantitative estimate of drug-likeness (QED) is 0.747. The molecule has 1 unspecified atom stereocenters. The van der Waals surface area contributed by atoms with E-state index in [0.29, 0.717) is 0 Å². The summed E-state index contributed by atoms with van der Waals surface area (Å²) in [6.45, 7) is 5.83. The third kappa shape index (κ3) is 5.30. The maximum absolute atomic E-state index is 3.79. The van der Waals surface area contributed by atoms with Gasteiger partial charge < -0.3 is 5.32 Å². The molecule has 2 aliphatic carbocycles. The van der Waals surface area contributed by atoms with Crippen molar-refractivity contribution in [3.05, 3.63) is 0 Å². The fraction of sp³-hybridized carbons (Fsp3) is 1.00. The lowest BCUT2D eigenvalue weighted by atomic mass is 9.79. The van der Waals surface area contributed by atoms with Crippen molar-refractivity contribution in [2.24, 2.45) is 11.8 Å². The van der Waals surface area contributed by atoms with E-state index >= 15 is 0 Å². The number of hydrogen-bond acceptors (Lipinski definition) is 2. The molecule has 0 aromatic rings. The van der Waals surface area contributed by atoms with Crippen LogP contribution >= 0.6 is 11.8 Å². The zero-order chi connectivity index (χ0) is 13.5. The summed E-state index contributed by atoms with van der Waals surface area (Å²) >= 11 is 2.28. The lowest BCUT2D eigenvalue weighted by Gasteiger charge is -2.34. The summed E-state index contributed by atoms with van der Waals surface area (Å²) < 4.78 is 0. The number of thioether (sulfide) groups is 1. The Morgan fingerprint density at radius 2 is 1.68 bits per heavy atom. The van der Waals surface area contributed by atoms with Crippen LogP contribution in [0.15, 0.2) is 0 Å². The van der Waals surface area contributed by atoms with Gasteiger partial charge in [-0.05, 0) is 44.1 Å². The van der Waals surface area contributed by atoms with Gasteiger partial charge >= 0.3 is 0 Å². The zero-order valence-corrected chi connectivity index (χ0v) is 13.8. The molecule has 1 nitrogen and oxygen atoms in total. The van der Waals surface area contributed by atoms with Crippen molar-refractivity contribution in [2.45, 2.75) is 82.9 Å². The largest absolute Gasteiger partial charge is 0.313 e. The summed E-state index contributed by atoms with van der Waals surface area (Å²) in [4.78, 5) is 0. The normalized spacial score (nSPS) is 31.3. The van der Waals surface area contributed by atoms with E-state index in [-0.39, 0.29) is 0 Å². The van der Waals surface area contributed by atoms with Gasteiger partial charge in [0.05, 0.1) is 0 Å². The molecule has 0 heterocycles. The minimum Gasteiger partial charge on any atom is -0.313 e. The molecule has 19 heavy (non-hydrogen) atoms. The van der Waals surface area contributed by atoms with Gasteiger partial charge in [0.25, 0.3) is 0 Å². The van der Waals surface area contributed by atoms with Gasteiger partial charge in [-0.25, -0.2) is 0 Å². The number of rotatable bonds is 6. The lowest BCUT2D eigenvalue weighted by Crippen LogP contribution is -2.40. The van der Waals surface area contributed by atoms with Crippen molar-refractivity contribution >= 4 is 11.8 Å². The van der Waals surface area contributed by atoms with E-state index in [2.05, 4.69) is 30.9 Å². The van der Waals surface area contributed by atoms with Crippen LogP contribution < -0.4 is 5.32 Å². The Bertz CT molecular complexity index is 229. The van der Waals surface area contributed by atoms with Gasteiger partial charge in [0.2, 0.25) is 0 Å². The Kier molecular flexibility index (Phi) is 7.07. The van der Waals surface area contributed by atoms with E-state index in [0.717, 1.165) is 29.7 Å². The first-order chi connectivity index (χ1) is 9.29. The first kappa shape index (κ1) is 15.7. The van der Waals surface area contributed by atoms with E-state index in [4.69, 9.17) is 0 Å². The van der Waals surface area contributed by atoms with Crippen molar-refractivity contribution in [3.63, 3.8) is 0 Å². The number of nitrogens with one attached hydrogen (secondary N) is 1. The van der Waals surface area contributed by atoms with Crippen LogP contribution in [0.25, 0.3) is 0 Å². The van der Waals surface area contributed by atoms with Gasteiger partial charge in [-0.2, -0.15) is 11.8 Å². The second-order valence-electron chi connectivity index (χ2n) is 6.78. The van der Waals surface area contributed by atoms with Gasteiger partial charge in [-0.15, -0.1) is 0 Å². The molecule has 0 radical (unpaired) electrons. The standard InChI is InChI=1S/C17H33NS/c1-3-18-17(15-11-9-14(2)10-12-15)13-19-16-7-5-4-6-8-16/h14-18H,3-13H2,1-2H3. The molecule has 0 aromatic carbocycles. The lowest BCUT2D eigenvalue weighted by molar-refractivity contribution is 0.243. The van der Waals surface area contributed by atoms with Crippen molar-refractivity contribution in [3.8, 4) is 0 Å². The molecule has 0 aromatic heterocycles. The molecule has 2 rings (SSSR count). The zero-order valence-electron chi connectivity index (χ0n) is 13.0. The first-order valence-corrected chi connectivity index (χ1v) is 9.69. The van der Waals surface area contributed by atoms with Crippen molar-refractivity contribution in [1.82, 2.24) is 5.32 Å². The highest BCUT2D eigenvalue weighted by Crippen LogP contribution is 2.34. The third-order valence-corrected chi connectivity index (χ3v) is 6.65. The average molecular weight is 284 g/mol. The van der Waals surface area contributed by atoms with E-state index in [1.807, 2.05) is 0 Å². The molecule has 0 saturated heterocycles. The highest BCUT2D eigenvalue weighted by molar-refractivity contribution is 7.99. The highest BCUT2D eigenvalue weighted by atomic mass is 32.2. The molecule has 0 bridgehead atoms. The minimum atomic E-state index is 0.782. The summed E-state index contributed by atoms with van der Waals surface area (Å²) in [6, 6.07) is 0.782. The van der Waals surface area contributed by atoms with E-state index < -0.39 is 0 Å². The topological polar surface area (TPSA) is 12.0 Å². The van der Waals surface area contributed by atoms with Gasteiger partial charge in [-0.1, -0.05) is 46.0 Å². The molecular weight excluding hydrogens is 250 g/mol. The number of hydrogen-bond donors (Lipinski definition) is 1. The van der Waals surface area contributed by atoms with Gasteiger partial charge in [0.1, 0.15) is 0 Å². The molecule has 2 heteroatoms.